The average Bonchev–Trinajstić information content (AvgIpc) is 2.27. The summed E-state index contributed by atoms with van der Waals surface area (Å²) in [6, 6.07) is 8.82. The second-order valence-corrected chi connectivity index (χ2v) is 6.31. The summed E-state index contributed by atoms with van der Waals surface area (Å²) >= 11 is 5.30. The van der Waals surface area contributed by atoms with Crippen LogP contribution in [0.1, 0.15) is 38.8 Å². The number of benzene rings is 1. The fraction of sp³-hybridized carbons (Fsp3) is 0.533. The first-order valence-corrected chi connectivity index (χ1v) is 6.80. The maximum absolute atomic E-state index is 5.30. The van der Waals surface area contributed by atoms with E-state index in [-0.39, 0.29) is 5.41 Å². The minimum Gasteiger partial charge on any atom is -0.360 e. The van der Waals surface area contributed by atoms with E-state index in [0.29, 0.717) is 6.04 Å². The highest BCUT2D eigenvalue weighted by Gasteiger charge is 2.20. The van der Waals surface area contributed by atoms with E-state index in [1.54, 1.807) is 0 Å². The van der Waals surface area contributed by atoms with E-state index in [4.69, 9.17) is 12.2 Å². The van der Waals surface area contributed by atoms with Crippen molar-refractivity contribution in [2.45, 2.75) is 47.2 Å². The Morgan fingerprint density at radius 1 is 1.22 bits per heavy atom. The highest BCUT2D eigenvalue weighted by molar-refractivity contribution is 7.80. The van der Waals surface area contributed by atoms with Crippen molar-refractivity contribution in [3.05, 3.63) is 35.4 Å². The van der Waals surface area contributed by atoms with Gasteiger partial charge in [0, 0.05) is 12.6 Å². The lowest BCUT2D eigenvalue weighted by Gasteiger charge is -2.29. The monoisotopic (exact) mass is 264 g/mol. The van der Waals surface area contributed by atoms with Crippen molar-refractivity contribution in [1.82, 2.24) is 10.6 Å². The van der Waals surface area contributed by atoms with Crippen LogP contribution in [0.15, 0.2) is 24.3 Å². The van der Waals surface area contributed by atoms with Crippen molar-refractivity contribution in [1.29, 1.82) is 0 Å². The molecule has 0 saturated heterocycles. The third-order valence-corrected chi connectivity index (χ3v) is 3.48. The van der Waals surface area contributed by atoms with Gasteiger partial charge in [-0.25, -0.2) is 0 Å². The van der Waals surface area contributed by atoms with Crippen molar-refractivity contribution in [2.75, 3.05) is 0 Å². The van der Waals surface area contributed by atoms with Gasteiger partial charge in [-0.2, -0.15) is 0 Å². The number of rotatable bonds is 3. The summed E-state index contributed by atoms with van der Waals surface area (Å²) in [5, 5.41) is 7.28. The zero-order valence-electron chi connectivity index (χ0n) is 12.0. The molecule has 0 aliphatic heterocycles. The summed E-state index contributed by atoms with van der Waals surface area (Å²) in [4.78, 5) is 0. The molecule has 0 bridgehead atoms. The van der Waals surface area contributed by atoms with E-state index < -0.39 is 0 Å². The molecule has 18 heavy (non-hydrogen) atoms. The van der Waals surface area contributed by atoms with Gasteiger partial charge in [-0.15, -0.1) is 0 Å². The van der Waals surface area contributed by atoms with E-state index in [2.05, 4.69) is 69.5 Å². The second-order valence-electron chi connectivity index (χ2n) is 5.90. The molecular formula is C15H24N2S. The number of nitrogens with one attached hydrogen (secondary N) is 2. The minimum atomic E-state index is 0.204. The lowest BCUT2D eigenvalue weighted by Crippen LogP contribution is -2.45. The predicted octanol–water partition coefficient (Wildman–Crippen LogP) is 3.39. The van der Waals surface area contributed by atoms with Crippen LogP contribution in [0.2, 0.25) is 0 Å². The van der Waals surface area contributed by atoms with Gasteiger partial charge in [-0.05, 0) is 37.0 Å². The van der Waals surface area contributed by atoms with Gasteiger partial charge >= 0.3 is 0 Å². The van der Waals surface area contributed by atoms with Crippen LogP contribution in [0.25, 0.3) is 0 Å². The molecule has 2 N–H and O–H groups in total. The molecule has 0 aromatic heterocycles. The summed E-state index contributed by atoms with van der Waals surface area (Å²) in [5.41, 5.74) is 2.73. The smallest absolute Gasteiger partial charge is 0.166 e. The molecule has 1 aromatic rings. The van der Waals surface area contributed by atoms with E-state index in [1.165, 1.54) is 11.1 Å². The Kier molecular flexibility index (Phi) is 5.15. The molecule has 3 heteroatoms. The predicted molar refractivity (Wildman–Crippen MR) is 82.7 cm³/mol. The van der Waals surface area contributed by atoms with Crippen LogP contribution in [0.5, 0.6) is 0 Å². The largest absolute Gasteiger partial charge is 0.360 e. The van der Waals surface area contributed by atoms with Gasteiger partial charge in [0.1, 0.15) is 0 Å². The van der Waals surface area contributed by atoms with Crippen molar-refractivity contribution < 1.29 is 0 Å². The van der Waals surface area contributed by atoms with Crippen LogP contribution in [-0.2, 0) is 6.54 Å². The molecule has 0 heterocycles. The van der Waals surface area contributed by atoms with Crippen LogP contribution in [0, 0.1) is 12.3 Å². The van der Waals surface area contributed by atoms with E-state index in [1.807, 2.05) is 0 Å². The number of aryl methyl sites for hydroxylation is 1. The van der Waals surface area contributed by atoms with Gasteiger partial charge in [0.25, 0.3) is 0 Å². The minimum absolute atomic E-state index is 0.204. The van der Waals surface area contributed by atoms with Crippen molar-refractivity contribution in [3.8, 4) is 0 Å². The number of hydrogen-bond acceptors (Lipinski definition) is 1. The van der Waals surface area contributed by atoms with Gasteiger partial charge in [-0.3, -0.25) is 0 Å². The molecule has 0 saturated carbocycles. The molecule has 0 unspecified atom stereocenters. The third kappa shape index (κ3) is 5.05. The summed E-state index contributed by atoms with van der Waals surface area (Å²) in [6.45, 7) is 11.6. The maximum atomic E-state index is 5.30. The molecule has 0 radical (unpaired) electrons. The Bertz CT molecular complexity index is 390. The van der Waals surface area contributed by atoms with Gasteiger partial charge in [0.15, 0.2) is 5.11 Å². The fourth-order valence-corrected chi connectivity index (χ4v) is 1.60. The van der Waals surface area contributed by atoms with Crippen LogP contribution >= 0.6 is 12.2 Å². The van der Waals surface area contributed by atoms with Crippen LogP contribution in [-0.4, -0.2) is 11.2 Å². The average molecular weight is 264 g/mol. The molecule has 0 spiro atoms. The highest BCUT2D eigenvalue weighted by atomic mass is 32.1. The van der Waals surface area contributed by atoms with Crippen molar-refractivity contribution >= 4 is 17.3 Å². The first-order valence-electron chi connectivity index (χ1n) is 6.39. The Morgan fingerprint density at radius 3 is 2.28 bits per heavy atom. The highest BCUT2D eigenvalue weighted by Crippen LogP contribution is 2.18. The SMILES string of the molecule is Cc1ccc(CNC(=S)N[C@H](C)C(C)(C)C)cc1. The zero-order chi connectivity index (χ0) is 13.8. The first kappa shape index (κ1) is 15.0. The van der Waals surface area contributed by atoms with Crippen molar-refractivity contribution in [3.63, 3.8) is 0 Å². The molecular weight excluding hydrogens is 240 g/mol. The normalized spacial score (nSPS) is 12.9. The van der Waals surface area contributed by atoms with Crippen molar-refractivity contribution in [2.24, 2.45) is 5.41 Å². The topological polar surface area (TPSA) is 24.1 Å². The second kappa shape index (κ2) is 6.19. The Hall–Kier alpha value is -1.09. The molecule has 1 aromatic carbocycles. The Balaban J connectivity index is 2.40. The van der Waals surface area contributed by atoms with Crippen LogP contribution < -0.4 is 10.6 Å². The molecule has 100 valence electrons. The van der Waals surface area contributed by atoms with E-state index >= 15 is 0 Å². The van der Waals surface area contributed by atoms with Gasteiger partial charge < -0.3 is 10.6 Å². The molecule has 1 atom stereocenters. The van der Waals surface area contributed by atoms with Crippen LogP contribution in [0.3, 0.4) is 0 Å². The van der Waals surface area contributed by atoms with Gasteiger partial charge in [-0.1, -0.05) is 50.6 Å². The quantitative estimate of drug-likeness (QED) is 0.818. The lowest BCUT2D eigenvalue weighted by molar-refractivity contribution is 0.315. The van der Waals surface area contributed by atoms with Gasteiger partial charge in [0.05, 0.1) is 0 Å². The zero-order valence-corrected chi connectivity index (χ0v) is 12.8. The molecule has 1 rings (SSSR count). The molecule has 0 fully saturated rings. The lowest BCUT2D eigenvalue weighted by atomic mass is 9.88. The molecule has 0 aliphatic rings. The number of hydrogen-bond donors (Lipinski definition) is 2. The summed E-state index contributed by atoms with van der Waals surface area (Å²) in [6.07, 6.45) is 0. The van der Waals surface area contributed by atoms with Gasteiger partial charge in [0.2, 0.25) is 0 Å². The van der Waals surface area contributed by atoms with E-state index in [0.717, 1.165) is 11.7 Å². The summed E-state index contributed by atoms with van der Waals surface area (Å²) in [5.74, 6) is 0. The number of thiocarbonyl (C=S) groups is 1. The third-order valence-electron chi connectivity index (χ3n) is 3.22. The standard InChI is InChI=1S/C15H24N2S/c1-11-6-8-13(9-7-11)10-16-14(18)17-12(2)15(3,4)5/h6-9,12H,10H2,1-5H3,(H2,16,17,18)/t12-/m1/s1. The Morgan fingerprint density at radius 2 is 1.78 bits per heavy atom. The maximum Gasteiger partial charge on any atom is 0.166 e. The summed E-state index contributed by atoms with van der Waals surface area (Å²) < 4.78 is 0. The molecule has 0 amide bonds. The molecule has 0 aliphatic carbocycles. The Labute approximate surface area is 116 Å². The molecule has 2 nitrogen and oxygen atoms in total. The first-order chi connectivity index (χ1) is 8.29. The van der Waals surface area contributed by atoms with E-state index in [9.17, 15) is 0 Å². The van der Waals surface area contributed by atoms with Crippen LogP contribution in [0.4, 0.5) is 0 Å². The summed E-state index contributed by atoms with van der Waals surface area (Å²) in [7, 11) is 0. The fourth-order valence-electron chi connectivity index (χ4n) is 1.35.